The van der Waals surface area contributed by atoms with Gasteiger partial charge in [-0.1, -0.05) is 0 Å². The highest BCUT2D eigenvalue weighted by molar-refractivity contribution is 8.19. The molecule has 0 aromatic heterocycles. The number of phenolic OH excluding ortho intramolecular Hbond substituents is 1. The molecule has 2 aromatic rings. The monoisotopic (exact) mass is 364 g/mol. The van der Waals surface area contributed by atoms with Gasteiger partial charge in [0.05, 0.1) is 21.8 Å². The molecule has 0 saturated heterocycles. The van der Waals surface area contributed by atoms with Crippen molar-refractivity contribution in [1.29, 1.82) is 0 Å². The van der Waals surface area contributed by atoms with E-state index < -0.39 is 31.6 Å². The van der Waals surface area contributed by atoms with Crippen LogP contribution in [0.1, 0.15) is 12.5 Å². The minimum atomic E-state index is -4.55. The van der Waals surface area contributed by atoms with E-state index in [9.17, 15) is 31.7 Å². The number of hydrogen-bond acceptors (Lipinski definition) is 7. The van der Waals surface area contributed by atoms with Gasteiger partial charge in [-0.05, 0) is 31.4 Å². The Hall–Kier alpha value is -1.56. The number of benzene rings is 2. The summed E-state index contributed by atoms with van der Waals surface area (Å²) in [7, 11) is -8.68. The number of ether oxygens (including phenoxy) is 1. The summed E-state index contributed by atoms with van der Waals surface area (Å²) in [6, 6.07) is 3.20. The molecule has 0 aliphatic heterocycles. The van der Waals surface area contributed by atoms with Crippen LogP contribution < -0.4 is 4.74 Å². The van der Waals surface area contributed by atoms with E-state index in [0.29, 0.717) is 0 Å². The lowest BCUT2D eigenvalue weighted by Gasteiger charge is -2.23. The fourth-order valence-corrected chi connectivity index (χ4v) is 3.56. The molecule has 0 aliphatic carbocycles. The van der Waals surface area contributed by atoms with Crippen molar-refractivity contribution in [2.45, 2.75) is 23.6 Å². The second-order valence-electron chi connectivity index (χ2n) is 4.79. The normalized spacial score (nSPS) is 13.3. The molecule has 0 radical (unpaired) electrons. The first-order chi connectivity index (χ1) is 10.5. The SMILES string of the molecule is CCOc1cc(S(=O)(=O)O)cc2cc(S(O)(O)O)c(C)c(O)c12. The first-order valence-electron chi connectivity index (χ1n) is 6.38. The quantitative estimate of drug-likeness (QED) is 0.520. The number of fused-ring (bicyclic) bond motifs is 1. The summed E-state index contributed by atoms with van der Waals surface area (Å²) < 4.78 is 65.5. The molecule has 5 N–H and O–H groups in total. The van der Waals surface area contributed by atoms with Crippen molar-refractivity contribution in [3.05, 3.63) is 23.8 Å². The highest BCUT2D eigenvalue weighted by Crippen LogP contribution is 2.51. The topological polar surface area (TPSA) is 145 Å². The zero-order valence-electron chi connectivity index (χ0n) is 12.2. The second kappa shape index (κ2) is 5.82. The van der Waals surface area contributed by atoms with Crippen LogP contribution in [0.5, 0.6) is 11.5 Å². The zero-order chi connectivity index (χ0) is 17.6. The molecule has 2 aromatic carbocycles. The van der Waals surface area contributed by atoms with Crippen LogP contribution in [0.15, 0.2) is 28.0 Å². The molecule has 10 heteroatoms. The molecular formula is C13H16O8S2. The Morgan fingerprint density at radius 2 is 1.70 bits per heavy atom. The van der Waals surface area contributed by atoms with Crippen LogP contribution in [0.2, 0.25) is 0 Å². The maximum atomic E-state index is 11.4. The van der Waals surface area contributed by atoms with Gasteiger partial charge in [0.25, 0.3) is 10.1 Å². The van der Waals surface area contributed by atoms with Crippen LogP contribution in [0.25, 0.3) is 10.8 Å². The van der Waals surface area contributed by atoms with Crippen molar-refractivity contribution in [2.24, 2.45) is 0 Å². The van der Waals surface area contributed by atoms with Crippen molar-refractivity contribution < 1.29 is 36.5 Å². The third-order valence-corrected chi connectivity index (χ3v) is 5.09. The molecule has 0 unspecified atom stereocenters. The molecular weight excluding hydrogens is 348 g/mol. The van der Waals surface area contributed by atoms with Gasteiger partial charge >= 0.3 is 0 Å². The Kier molecular flexibility index (Phi) is 4.50. The van der Waals surface area contributed by atoms with Gasteiger partial charge < -0.3 is 23.5 Å². The number of aromatic hydroxyl groups is 1. The largest absolute Gasteiger partial charge is 0.507 e. The molecule has 0 spiro atoms. The summed E-state index contributed by atoms with van der Waals surface area (Å²) in [4.78, 5) is -0.838. The predicted octanol–water partition coefficient (Wildman–Crippen LogP) is 3.08. The summed E-state index contributed by atoms with van der Waals surface area (Å²) in [6.45, 7) is 3.18. The standard InChI is InChI=1S/C13H16O8S2/c1-3-21-10-6-9(22(15,16)17)4-8-5-11(23(18,19)20)7(2)13(14)12(8)10/h4-6,14,18-20H,3H2,1-2H3,(H,15,16,17). The Morgan fingerprint density at radius 3 is 2.17 bits per heavy atom. The lowest BCUT2D eigenvalue weighted by Crippen LogP contribution is -2.03. The highest BCUT2D eigenvalue weighted by atomic mass is 32.3. The molecule has 0 saturated carbocycles. The van der Waals surface area contributed by atoms with Crippen LogP contribution >= 0.6 is 10.9 Å². The van der Waals surface area contributed by atoms with Crippen molar-refractivity contribution >= 4 is 31.8 Å². The maximum Gasteiger partial charge on any atom is 0.294 e. The Balaban J connectivity index is 2.96. The fourth-order valence-electron chi connectivity index (χ4n) is 2.23. The maximum absolute atomic E-state index is 11.4. The fraction of sp³-hybridized carbons (Fsp3) is 0.231. The summed E-state index contributed by atoms with van der Waals surface area (Å²) in [5.74, 6) is -0.393. The summed E-state index contributed by atoms with van der Waals surface area (Å²) in [5.41, 5.74) is 0.0144. The summed E-state index contributed by atoms with van der Waals surface area (Å²) in [5, 5.41) is 10.5. The van der Waals surface area contributed by atoms with Gasteiger partial charge in [-0.3, -0.25) is 4.55 Å². The van der Waals surface area contributed by atoms with E-state index in [0.717, 1.165) is 18.2 Å². The van der Waals surface area contributed by atoms with Gasteiger partial charge in [-0.15, -0.1) is 0 Å². The molecule has 0 aliphatic rings. The Bertz CT molecular complexity index is 868. The lowest BCUT2D eigenvalue weighted by atomic mass is 10.0. The van der Waals surface area contributed by atoms with E-state index in [1.807, 2.05) is 0 Å². The van der Waals surface area contributed by atoms with Crippen molar-refractivity contribution in [1.82, 2.24) is 0 Å². The molecule has 2 rings (SSSR count). The average Bonchev–Trinajstić information content (AvgIpc) is 2.40. The van der Waals surface area contributed by atoms with Crippen LogP contribution in [0.3, 0.4) is 0 Å². The van der Waals surface area contributed by atoms with Crippen LogP contribution in [0, 0.1) is 6.92 Å². The van der Waals surface area contributed by atoms with Gasteiger partial charge in [-0.25, -0.2) is 0 Å². The smallest absolute Gasteiger partial charge is 0.294 e. The first kappa shape index (κ1) is 17.8. The number of rotatable bonds is 4. The highest BCUT2D eigenvalue weighted by Gasteiger charge is 2.25. The first-order valence-corrected chi connectivity index (χ1v) is 9.32. The van der Waals surface area contributed by atoms with Crippen molar-refractivity contribution in [3.8, 4) is 11.5 Å². The molecule has 0 amide bonds. The lowest BCUT2D eigenvalue weighted by molar-refractivity contribution is 0.341. The molecule has 0 bridgehead atoms. The molecule has 0 atom stereocenters. The molecule has 128 valence electrons. The minimum absolute atomic E-state index is 0.000746. The predicted molar refractivity (Wildman–Crippen MR) is 85.1 cm³/mol. The molecule has 0 heterocycles. The van der Waals surface area contributed by atoms with Gasteiger partial charge in [-0.2, -0.15) is 8.42 Å². The third-order valence-electron chi connectivity index (χ3n) is 3.25. The van der Waals surface area contributed by atoms with E-state index in [2.05, 4.69) is 0 Å². The van der Waals surface area contributed by atoms with Gasteiger partial charge in [0, 0.05) is 11.6 Å². The summed E-state index contributed by atoms with van der Waals surface area (Å²) in [6.07, 6.45) is 0. The van der Waals surface area contributed by atoms with Crippen molar-refractivity contribution in [2.75, 3.05) is 6.61 Å². The summed E-state index contributed by atoms with van der Waals surface area (Å²) >= 11 is 0. The van der Waals surface area contributed by atoms with Crippen LogP contribution in [-0.4, -0.2) is 38.3 Å². The van der Waals surface area contributed by atoms with E-state index in [-0.39, 0.29) is 33.6 Å². The van der Waals surface area contributed by atoms with E-state index in [1.165, 1.54) is 6.92 Å². The molecule has 0 fully saturated rings. The molecule has 23 heavy (non-hydrogen) atoms. The zero-order valence-corrected chi connectivity index (χ0v) is 13.8. The van der Waals surface area contributed by atoms with Gasteiger partial charge in [0.2, 0.25) is 0 Å². The number of hydrogen-bond donors (Lipinski definition) is 5. The minimum Gasteiger partial charge on any atom is -0.507 e. The van der Waals surface area contributed by atoms with E-state index >= 15 is 0 Å². The molecule has 8 nitrogen and oxygen atoms in total. The van der Waals surface area contributed by atoms with E-state index in [1.54, 1.807) is 6.92 Å². The third kappa shape index (κ3) is 3.37. The second-order valence-corrected chi connectivity index (χ2v) is 7.69. The Labute approximate surface area is 134 Å². The Morgan fingerprint density at radius 1 is 1.09 bits per heavy atom. The van der Waals surface area contributed by atoms with Crippen molar-refractivity contribution in [3.63, 3.8) is 0 Å². The van der Waals surface area contributed by atoms with Crippen LogP contribution in [0.4, 0.5) is 0 Å². The van der Waals surface area contributed by atoms with Gasteiger partial charge in [0.15, 0.2) is 0 Å². The van der Waals surface area contributed by atoms with E-state index in [4.69, 9.17) is 4.74 Å². The van der Waals surface area contributed by atoms with Gasteiger partial charge in [0.1, 0.15) is 22.4 Å². The number of phenols is 1. The van der Waals surface area contributed by atoms with Crippen LogP contribution in [-0.2, 0) is 10.1 Å². The average molecular weight is 364 g/mol.